The van der Waals surface area contributed by atoms with Crippen LogP contribution in [0, 0.1) is 11.8 Å². The van der Waals surface area contributed by atoms with Crippen molar-refractivity contribution in [3.63, 3.8) is 0 Å². The summed E-state index contributed by atoms with van der Waals surface area (Å²) in [5, 5.41) is 18.8. The average molecular weight is 460 g/mol. The average Bonchev–Trinajstić information content (AvgIpc) is 3.10. The highest BCUT2D eigenvalue weighted by Gasteiger charge is 2.42. The Labute approximate surface area is 180 Å². The van der Waals surface area contributed by atoms with E-state index in [0.717, 1.165) is 44.4 Å². The summed E-state index contributed by atoms with van der Waals surface area (Å²) in [7, 11) is 0. The van der Waals surface area contributed by atoms with Gasteiger partial charge in [0.15, 0.2) is 0 Å². The number of carbonyl (C=O) groups is 1. The summed E-state index contributed by atoms with van der Waals surface area (Å²) in [5.74, 6) is 0.596. The minimum absolute atomic E-state index is 0.240. The number of piperidine rings is 1. The third-order valence-electron chi connectivity index (χ3n) is 5.75. The zero-order valence-electron chi connectivity index (χ0n) is 16.6. The van der Waals surface area contributed by atoms with E-state index in [9.17, 15) is 13.2 Å². The molecule has 0 unspecified atom stereocenters. The molecule has 31 heavy (non-hydrogen) atoms. The van der Waals surface area contributed by atoms with Gasteiger partial charge in [0.1, 0.15) is 5.01 Å². The maximum atomic E-state index is 10.6. The second-order valence-corrected chi connectivity index (χ2v) is 9.04. The lowest BCUT2D eigenvalue weighted by molar-refractivity contribution is -0.192. The molecular formula is C19H23F3N4O4S. The first-order valence-corrected chi connectivity index (χ1v) is 11.0. The van der Waals surface area contributed by atoms with Gasteiger partial charge in [-0.05, 0) is 31.7 Å². The molecule has 2 aliphatic heterocycles. The van der Waals surface area contributed by atoms with Gasteiger partial charge in [-0.15, -0.1) is 21.5 Å². The van der Waals surface area contributed by atoms with Gasteiger partial charge in [0.05, 0.1) is 25.7 Å². The minimum Gasteiger partial charge on any atom is -0.475 e. The summed E-state index contributed by atoms with van der Waals surface area (Å²) in [6.07, 6.45) is 1.39. The molecule has 0 spiro atoms. The lowest BCUT2D eigenvalue weighted by Gasteiger charge is -2.34. The molecule has 2 aromatic heterocycles. The zero-order chi connectivity index (χ0) is 22.0. The van der Waals surface area contributed by atoms with Gasteiger partial charge in [-0.3, -0.25) is 4.90 Å². The van der Waals surface area contributed by atoms with Crippen molar-refractivity contribution < 1.29 is 32.2 Å². The molecule has 8 nitrogen and oxygen atoms in total. The maximum Gasteiger partial charge on any atom is 0.490 e. The molecule has 0 bridgehead atoms. The van der Waals surface area contributed by atoms with E-state index in [4.69, 9.17) is 19.1 Å². The topological polar surface area (TPSA) is 102 Å². The lowest BCUT2D eigenvalue weighted by Crippen LogP contribution is -2.41. The molecular weight excluding hydrogens is 437 g/mol. The second kappa shape index (κ2) is 9.21. The van der Waals surface area contributed by atoms with Crippen molar-refractivity contribution in [1.82, 2.24) is 20.1 Å². The fourth-order valence-corrected chi connectivity index (χ4v) is 4.71. The quantitative estimate of drug-likeness (QED) is 0.726. The number of carboxylic acid groups (broad SMARTS) is 1. The Morgan fingerprint density at radius 3 is 2.71 bits per heavy atom. The maximum absolute atomic E-state index is 10.6. The standard InChI is InChI=1S/C17H22N4O2S.C2HF3O2/c1-2-11(1)17-20-19-15(23-17)7-14-13-3-5-21(8-12(13)10-22-14)9-16-18-4-6-24-16;3-2(4,5)1(6)7/h4,6,11-14H,1-3,5,7-10H2;(H,6,7)/t12-,13-,14+;/m1./s1. The van der Waals surface area contributed by atoms with Crippen molar-refractivity contribution in [3.05, 3.63) is 28.4 Å². The number of alkyl halides is 3. The Morgan fingerprint density at radius 1 is 1.29 bits per heavy atom. The van der Waals surface area contributed by atoms with Crippen molar-refractivity contribution >= 4 is 17.3 Å². The van der Waals surface area contributed by atoms with Crippen molar-refractivity contribution in [3.8, 4) is 0 Å². The molecule has 3 atom stereocenters. The third-order valence-corrected chi connectivity index (χ3v) is 6.51. The van der Waals surface area contributed by atoms with E-state index in [2.05, 4.69) is 25.5 Å². The summed E-state index contributed by atoms with van der Waals surface area (Å²) in [5.41, 5.74) is 0. The largest absolute Gasteiger partial charge is 0.490 e. The van der Waals surface area contributed by atoms with Gasteiger partial charge in [-0.2, -0.15) is 13.2 Å². The van der Waals surface area contributed by atoms with Gasteiger partial charge in [0, 0.05) is 30.0 Å². The molecule has 5 rings (SSSR count). The summed E-state index contributed by atoms with van der Waals surface area (Å²) < 4.78 is 43.7. The normalized spacial score (nSPS) is 26.2. The summed E-state index contributed by atoms with van der Waals surface area (Å²) in [4.78, 5) is 15.8. The first-order chi connectivity index (χ1) is 14.8. The van der Waals surface area contributed by atoms with Crippen LogP contribution in [-0.2, 0) is 22.5 Å². The first-order valence-electron chi connectivity index (χ1n) is 10.1. The molecule has 1 saturated carbocycles. The number of hydrogen-bond acceptors (Lipinski definition) is 8. The number of rotatable bonds is 5. The summed E-state index contributed by atoms with van der Waals surface area (Å²) >= 11 is 1.74. The van der Waals surface area contributed by atoms with Gasteiger partial charge < -0.3 is 14.3 Å². The van der Waals surface area contributed by atoms with Crippen molar-refractivity contribution in [2.45, 2.75) is 50.4 Å². The van der Waals surface area contributed by atoms with E-state index in [1.54, 1.807) is 11.3 Å². The summed E-state index contributed by atoms with van der Waals surface area (Å²) in [6.45, 7) is 4.06. The lowest BCUT2D eigenvalue weighted by atomic mass is 9.83. The third kappa shape index (κ3) is 5.80. The van der Waals surface area contributed by atoms with E-state index in [-0.39, 0.29) is 6.10 Å². The van der Waals surface area contributed by atoms with Crippen molar-refractivity contribution in [1.29, 1.82) is 0 Å². The van der Waals surface area contributed by atoms with Crippen LogP contribution in [0.3, 0.4) is 0 Å². The van der Waals surface area contributed by atoms with Gasteiger partial charge in [0.2, 0.25) is 11.8 Å². The number of thiazole rings is 1. The predicted octanol–water partition coefficient (Wildman–Crippen LogP) is 3.12. The van der Waals surface area contributed by atoms with Crippen LogP contribution in [0.4, 0.5) is 13.2 Å². The van der Waals surface area contributed by atoms with Crippen LogP contribution < -0.4 is 0 Å². The van der Waals surface area contributed by atoms with Gasteiger partial charge in [-0.25, -0.2) is 9.78 Å². The number of fused-ring (bicyclic) bond motifs is 1. The van der Waals surface area contributed by atoms with E-state index in [1.807, 2.05) is 6.20 Å². The minimum atomic E-state index is -5.08. The first kappa shape index (κ1) is 22.2. The number of ether oxygens (including phenoxy) is 1. The number of likely N-dealkylation sites (tertiary alicyclic amines) is 1. The van der Waals surface area contributed by atoms with E-state index in [1.165, 1.54) is 24.3 Å². The SMILES string of the molecule is O=C(O)C(F)(F)F.c1csc(CN2CC[C@@H]3[C@@H](CO[C@H]3Cc3nnc(C4CC4)o3)C2)n1. The predicted molar refractivity (Wildman–Crippen MR) is 102 cm³/mol. The number of halogens is 3. The number of aliphatic carboxylic acids is 1. The number of aromatic nitrogens is 3. The molecule has 0 amide bonds. The fourth-order valence-electron chi connectivity index (χ4n) is 4.05. The highest BCUT2D eigenvalue weighted by Crippen LogP contribution is 2.40. The molecule has 2 aromatic rings. The van der Waals surface area contributed by atoms with Gasteiger partial charge in [0.25, 0.3) is 0 Å². The second-order valence-electron chi connectivity index (χ2n) is 8.06. The molecule has 3 fully saturated rings. The molecule has 1 N–H and O–H groups in total. The zero-order valence-corrected chi connectivity index (χ0v) is 17.4. The Kier molecular flexibility index (Phi) is 6.58. The highest BCUT2D eigenvalue weighted by molar-refractivity contribution is 7.09. The Morgan fingerprint density at radius 2 is 2.06 bits per heavy atom. The van der Waals surface area contributed by atoms with Crippen LogP contribution in [-0.4, -0.2) is 63.1 Å². The molecule has 1 aliphatic carbocycles. The Bertz CT molecular complexity index is 872. The van der Waals surface area contributed by atoms with Crippen LogP contribution in [0.1, 0.15) is 42.0 Å². The molecule has 2 saturated heterocycles. The van der Waals surface area contributed by atoms with Crippen LogP contribution in [0.25, 0.3) is 0 Å². The van der Waals surface area contributed by atoms with Gasteiger partial charge in [-0.1, -0.05) is 0 Å². The van der Waals surface area contributed by atoms with Crippen LogP contribution in [0.5, 0.6) is 0 Å². The molecule has 12 heteroatoms. The summed E-state index contributed by atoms with van der Waals surface area (Å²) in [6, 6.07) is 0. The van der Waals surface area contributed by atoms with Crippen LogP contribution in [0.2, 0.25) is 0 Å². The van der Waals surface area contributed by atoms with Crippen LogP contribution in [0.15, 0.2) is 16.0 Å². The fraction of sp³-hybridized carbons (Fsp3) is 0.684. The van der Waals surface area contributed by atoms with E-state index in [0.29, 0.717) is 17.8 Å². The van der Waals surface area contributed by atoms with Gasteiger partial charge >= 0.3 is 12.1 Å². The van der Waals surface area contributed by atoms with E-state index < -0.39 is 12.1 Å². The van der Waals surface area contributed by atoms with Crippen LogP contribution >= 0.6 is 11.3 Å². The number of hydrogen-bond donors (Lipinski definition) is 1. The number of nitrogens with zero attached hydrogens (tertiary/aromatic N) is 4. The highest BCUT2D eigenvalue weighted by atomic mass is 32.1. The van der Waals surface area contributed by atoms with E-state index >= 15 is 0 Å². The molecule has 0 radical (unpaired) electrons. The smallest absolute Gasteiger partial charge is 0.475 e. The molecule has 4 heterocycles. The monoisotopic (exact) mass is 460 g/mol. The molecule has 3 aliphatic rings. The Balaban J connectivity index is 0.000000289. The molecule has 170 valence electrons. The van der Waals surface area contributed by atoms with Crippen molar-refractivity contribution in [2.75, 3.05) is 19.7 Å². The van der Waals surface area contributed by atoms with Crippen molar-refractivity contribution in [2.24, 2.45) is 11.8 Å². The number of carboxylic acids is 1. The Hall–Kier alpha value is -2.05. The molecule has 0 aromatic carbocycles.